The van der Waals surface area contributed by atoms with Crippen LogP contribution in [0.4, 0.5) is 0 Å². The van der Waals surface area contributed by atoms with Gasteiger partial charge in [0.25, 0.3) is 5.91 Å². The lowest BCUT2D eigenvalue weighted by atomic mass is 10.2. The minimum atomic E-state index is -0.145. The van der Waals surface area contributed by atoms with Crippen molar-refractivity contribution in [1.82, 2.24) is 19.9 Å². The number of aromatic nitrogens is 3. The molecule has 0 bridgehead atoms. The molecule has 0 spiro atoms. The first-order chi connectivity index (χ1) is 9.65. The molecule has 3 rings (SSSR count). The molecule has 1 N–H and O–H groups in total. The second-order valence-electron chi connectivity index (χ2n) is 5.18. The lowest BCUT2D eigenvalue weighted by molar-refractivity contribution is 0.0859. The van der Waals surface area contributed by atoms with E-state index >= 15 is 0 Å². The number of ether oxygens (including phenoxy) is 1. The molecule has 106 valence electrons. The molecule has 1 saturated heterocycles. The summed E-state index contributed by atoms with van der Waals surface area (Å²) < 4.78 is 7.18. The molecule has 0 aliphatic carbocycles. The lowest BCUT2D eigenvalue weighted by Crippen LogP contribution is -2.31. The van der Waals surface area contributed by atoms with Crippen LogP contribution in [0.1, 0.15) is 34.6 Å². The Morgan fingerprint density at radius 1 is 1.55 bits per heavy atom. The van der Waals surface area contributed by atoms with Gasteiger partial charge in [-0.15, -0.1) is 0 Å². The highest BCUT2D eigenvalue weighted by Crippen LogP contribution is 2.13. The number of fused-ring (bicyclic) bond motifs is 1. The first kappa shape index (κ1) is 13.1. The Labute approximate surface area is 117 Å². The van der Waals surface area contributed by atoms with E-state index in [-0.39, 0.29) is 12.0 Å². The number of rotatable bonds is 3. The fourth-order valence-electron chi connectivity index (χ4n) is 2.54. The summed E-state index contributed by atoms with van der Waals surface area (Å²) in [5, 5.41) is 7.12. The quantitative estimate of drug-likeness (QED) is 0.914. The van der Waals surface area contributed by atoms with Crippen LogP contribution in [0.2, 0.25) is 0 Å². The Kier molecular flexibility index (Phi) is 3.40. The van der Waals surface area contributed by atoms with Crippen molar-refractivity contribution in [2.24, 2.45) is 0 Å². The number of aryl methyl sites for hydroxylation is 2. The predicted octanol–water partition coefficient (Wildman–Crippen LogP) is 1.25. The van der Waals surface area contributed by atoms with Crippen LogP contribution in [-0.4, -0.2) is 39.8 Å². The molecule has 1 aliphatic heterocycles. The van der Waals surface area contributed by atoms with Gasteiger partial charge in [-0.3, -0.25) is 4.79 Å². The van der Waals surface area contributed by atoms with E-state index in [0.717, 1.165) is 30.8 Å². The van der Waals surface area contributed by atoms with Crippen LogP contribution in [0.25, 0.3) is 5.65 Å². The zero-order valence-corrected chi connectivity index (χ0v) is 11.7. The van der Waals surface area contributed by atoms with E-state index in [0.29, 0.717) is 17.8 Å². The Morgan fingerprint density at radius 3 is 3.15 bits per heavy atom. The smallest absolute Gasteiger partial charge is 0.256 e. The summed E-state index contributed by atoms with van der Waals surface area (Å²) in [4.78, 5) is 16.6. The highest BCUT2D eigenvalue weighted by Gasteiger charge is 2.19. The highest BCUT2D eigenvalue weighted by atomic mass is 16.5. The summed E-state index contributed by atoms with van der Waals surface area (Å²) in [5.41, 5.74) is 2.96. The molecule has 1 atom stereocenters. The normalized spacial score (nSPS) is 18.6. The van der Waals surface area contributed by atoms with Crippen LogP contribution in [0, 0.1) is 13.8 Å². The Bertz CT molecular complexity index is 644. The second-order valence-corrected chi connectivity index (χ2v) is 5.18. The van der Waals surface area contributed by atoms with Crippen LogP contribution in [0.5, 0.6) is 0 Å². The maximum absolute atomic E-state index is 12.2. The molecule has 20 heavy (non-hydrogen) atoms. The predicted molar refractivity (Wildman–Crippen MR) is 73.8 cm³/mol. The van der Waals surface area contributed by atoms with Gasteiger partial charge in [0.05, 0.1) is 12.3 Å². The van der Waals surface area contributed by atoms with Crippen LogP contribution >= 0.6 is 0 Å². The van der Waals surface area contributed by atoms with Crippen LogP contribution < -0.4 is 5.32 Å². The Hall–Kier alpha value is -1.95. The summed E-state index contributed by atoms with van der Waals surface area (Å²) >= 11 is 0. The highest BCUT2D eigenvalue weighted by molar-refractivity contribution is 5.99. The third kappa shape index (κ3) is 2.38. The minimum absolute atomic E-state index is 0.136. The fourth-order valence-corrected chi connectivity index (χ4v) is 2.54. The summed E-state index contributed by atoms with van der Waals surface area (Å²) in [6, 6.07) is 1.94. The van der Waals surface area contributed by atoms with Crippen molar-refractivity contribution in [3.8, 4) is 0 Å². The van der Waals surface area contributed by atoms with Crippen molar-refractivity contribution in [2.45, 2.75) is 32.8 Å². The minimum Gasteiger partial charge on any atom is -0.376 e. The van der Waals surface area contributed by atoms with Crippen molar-refractivity contribution in [3.05, 3.63) is 29.2 Å². The van der Waals surface area contributed by atoms with Gasteiger partial charge in [0.2, 0.25) is 0 Å². The van der Waals surface area contributed by atoms with E-state index in [4.69, 9.17) is 4.74 Å². The van der Waals surface area contributed by atoms with Crippen molar-refractivity contribution >= 4 is 11.6 Å². The van der Waals surface area contributed by atoms with Crippen molar-refractivity contribution in [2.75, 3.05) is 13.2 Å². The van der Waals surface area contributed by atoms with E-state index in [1.165, 1.54) is 0 Å². The summed E-state index contributed by atoms with van der Waals surface area (Å²) in [5.74, 6) is -0.145. The number of carbonyl (C=O) groups is 1. The third-order valence-electron chi connectivity index (χ3n) is 3.54. The first-order valence-electron chi connectivity index (χ1n) is 6.87. The fraction of sp³-hybridized carbons (Fsp3) is 0.500. The maximum atomic E-state index is 12.2. The largest absolute Gasteiger partial charge is 0.376 e. The van der Waals surface area contributed by atoms with Gasteiger partial charge >= 0.3 is 0 Å². The van der Waals surface area contributed by atoms with Gasteiger partial charge in [0, 0.05) is 24.5 Å². The average molecular weight is 274 g/mol. The number of nitrogens with zero attached hydrogens (tertiary/aromatic N) is 3. The van der Waals surface area contributed by atoms with E-state index in [1.54, 1.807) is 10.7 Å². The van der Waals surface area contributed by atoms with E-state index in [9.17, 15) is 4.79 Å². The van der Waals surface area contributed by atoms with Gasteiger partial charge in [0.15, 0.2) is 5.65 Å². The summed E-state index contributed by atoms with van der Waals surface area (Å²) in [6.07, 6.45) is 3.78. The molecule has 0 saturated carbocycles. The molecule has 3 heterocycles. The number of carbonyl (C=O) groups excluding carboxylic acids is 1. The number of hydrogen-bond donors (Lipinski definition) is 1. The standard InChI is InChI=1S/C14H18N4O2/c1-9-6-10(2)18-13(17-9)12(8-16-18)14(19)15-7-11-4-3-5-20-11/h6,8,11H,3-5,7H2,1-2H3,(H,15,19). The van der Waals surface area contributed by atoms with Gasteiger partial charge in [0.1, 0.15) is 5.56 Å². The second kappa shape index (κ2) is 5.20. The molecule has 1 amide bonds. The summed E-state index contributed by atoms with van der Waals surface area (Å²) in [6.45, 7) is 5.19. The molecule has 1 unspecified atom stereocenters. The first-order valence-corrected chi connectivity index (χ1v) is 6.87. The number of nitrogens with one attached hydrogen (secondary N) is 1. The molecule has 2 aromatic rings. The maximum Gasteiger partial charge on any atom is 0.256 e. The lowest BCUT2D eigenvalue weighted by Gasteiger charge is -2.10. The van der Waals surface area contributed by atoms with E-state index < -0.39 is 0 Å². The average Bonchev–Trinajstić information content (AvgIpc) is 3.04. The molecule has 6 nitrogen and oxygen atoms in total. The van der Waals surface area contributed by atoms with Gasteiger partial charge < -0.3 is 10.1 Å². The molecule has 1 aliphatic rings. The Morgan fingerprint density at radius 2 is 2.40 bits per heavy atom. The van der Waals surface area contributed by atoms with Crippen LogP contribution in [-0.2, 0) is 4.74 Å². The van der Waals surface area contributed by atoms with Crippen molar-refractivity contribution in [3.63, 3.8) is 0 Å². The summed E-state index contributed by atoms with van der Waals surface area (Å²) in [7, 11) is 0. The molecule has 0 aromatic carbocycles. The van der Waals surface area contributed by atoms with Gasteiger partial charge in [-0.1, -0.05) is 0 Å². The van der Waals surface area contributed by atoms with Gasteiger partial charge in [-0.2, -0.15) is 5.10 Å². The van der Waals surface area contributed by atoms with Crippen LogP contribution in [0.3, 0.4) is 0 Å². The van der Waals surface area contributed by atoms with Crippen molar-refractivity contribution < 1.29 is 9.53 Å². The zero-order chi connectivity index (χ0) is 14.1. The zero-order valence-electron chi connectivity index (χ0n) is 11.7. The molecule has 0 radical (unpaired) electrons. The topological polar surface area (TPSA) is 68.5 Å². The molecule has 2 aromatic heterocycles. The number of amides is 1. The molecular weight excluding hydrogens is 256 g/mol. The number of hydrogen-bond acceptors (Lipinski definition) is 4. The van der Waals surface area contributed by atoms with E-state index in [1.807, 2.05) is 19.9 Å². The monoisotopic (exact) mass is 274 g/mol. The third-order valence-corrected chi connectivity index (χ3v) is 3.54. The van der Waals surface area contributed by atoms with E-state index in [2.05, 4.69) is 15.4 Å². The van der Waals surface area contributed by atoms with Gasteiger partial charge in [-0.05, 0) is 32.8 Å². The molecule has 1 fully saturated rings. The Balaban J connectivity index is 1.80. The molecule has 6 heteroatoms. The molecular formula is C14H18N4O2. The van der Waals surface area contributed by atoms with Gasteiger partial charge in [-0.25, -0.2) is 9.50 Å². The SMILES string of the molecule is Cc1cc(C)n2ncc(C(=O)NCC3CCCO3)c2n1. The van der Waals surface area contributed by atoms with Crippen molar-refractivity contribution in [1.29, 1.82) is 0 Å². The van der Waals surface area contributed by atoms with Crippen LogP contribution in [0.15, 0.2) is 12.3 Å².